The van der Waals surface area contributed by atoms with Crippen molar-refractivity contribution in [1.82, 2.24) is 4.98 Å². The van der Waals surface area contributed by atoms with Crippen LogP contribution in [0.4, 0.5) is 0 Å². The molecular weight excluding hydrogens is 294 g/mol. The van der Waals surface area contributed by atoms with Crippen LogP contribution in [-0.2, 0) is 6.42 Å². The fourth-order valence-corrected chi connectivity index (χ4v) is 3.05. The van der Waals surface area contributed by atoms with Gasteiger partial charge in [-0.25, -0.2) is 0 Å². The summed E-state index contributed by atoms with van der Waals surface area (Å²) >= 11 is 0. The minimum absolute atomic E-state index is 0.138. The largest absolute Gasteiger partial charge is 0.355 e. The first kappa shape index (κ1) is 14.5. The number of carbonyl (C=O) groups excluding carboxylic acids is 1. The van der Waals surface area contributed by atoms with E-state index in [0.717, 1.165) is 27.9 Å². The minimum Gasteiger partial charge on any atom is -0.355 e. The SMILES string of the molecule is O=C(Cc1ccccc1-c1cc2ccccc2[nH]1)c1ccccc1. The van der Waals surface area contributed by atoms with Gasteiger partial charge in [-0.15, -0.1) is 0 Å². The lowest BCUT2D eigenvalue weighted by molar-refractivity contribution is 0.0993. The highest BCUT2D eigenvalue weighted by molar-refractivity contribution is 5.98. The van der Waals surface area contributed by atoms with E-state index in [1.165, 1.54) is 5.39 Å². The standard InChI is InChI=1S/C22H17NO/c24-22(16-8-2-1-3-9-16)15-17-10-4-6-12-19(17)21-14-18-11-5-7-13-20(18)23-21/h1-14,23H,15H2. The number of para-hydroxylation sites is 1. The van der Waals surface area contributed by atoms with Gasteiger partial charge in [-0.05, 0) is 17.7 Å². The molecule has 1 aromatic heterocycles. The lowest BCUT2D eigenvalue weighted by Gasteiger charge is -2.08. The molecule has 1 heterocycles. The molecule has 4 rings (SSSR count). The van der Waals surface area contributed by atoms with Gasteiger partial charge in [0.05, 0.1) is 0 Å². The summed E-state index contributed by atoms with van der Waals surface area (Å²) in [6.45, 7) is 0. The second-order valence-corrected chi connectivity index (χ2v) is 5.89. The van der Waals surface area contributed by atoms with Crippen LogP contribution in [0.5, 0.6) is 0 Å². The number of carbonyl (C=O) groups is 1. The molecule has 0 saturated carbocycles. The number of hydrogen-bond donors (Lipinski definition) is 1. The van der Waals surface area contributed by atoms with Crippen molar-refractivity contribution in [3.05, 3.63) is 96.1 Å². The van der Waals surface area contributed by atoms with E-state index >= 15 is 0 Å². The van der Waals surface area contributed by atoms with E-state index in [-0.39, 0.29) is 5.78 Å². The van der Waals surface area contributed by atoms with Crippen LogP contribution < -0.4 is 0 Å². The Morgan fingerprint density at radius 3 is 2.33 bits per heavy atom. The molecule has 0 fully saturated rings. The van der Waals surface area contributed by atoms with Crippen LogP contribution in [-0.4, -0.2) is 10.8 Å². The number of benzene rings is 3. The van der Waals surface area contributed by atoms with Gasteiger partial charge in [0.25, 0.3) is 0 Å². The molecule has 116 valence electrons. The van der Waals surface area contributed by atoms with Gasteiger partial charge in [0.1, 0.15) is 0 Å². The van der Waals surface area contributed by atoms with Crippen molar-refractivity contribution < 1.29 is 4.79 Å². The van der Waals surface area contributed by atoms with E-state index in [0.29, 0.717) is 6.42 Å². The monoisotopic (exact) mass is 311 g/mol. The van der Waals surface area contributed by atoms with Crippen molar-refractivity contribution in [2.45, 2.75) is 6.42 Å². The normalized spacial score (nSPS) is 10.8. The topological polar surface area (TPSA) is 32.9 Å². The molecule has 0 saturated heterocycles. The molecule has 0 amide bonds. The predicted molar refractivity (Wildman–Crippen MR) is 98.2 cm³/mol. The van der Waals surface area contributed by atoms with Crippen molar-refractivity contribution in [2.75, 3.05) is 0 Å². The number of hydrogen-bond acceptors (Lipinski definition) is 1. The van der Waals surface area contributed by atoms with Crippen molar-refractivity contribution in [3.8, 4) is 11.3 Å². The molecule has 4 aromatic rings. The smallest absolute Gasteiger partial charge is 0.167 e. The molecule has 3 aromatic carbocycles. The summed E-state index contributed by atoms with van der Waals surface area (Å²) in [6.07, 6.45) is 0.398. The fraction of sp³-hybridized carbons (Fsp3) is 0.0455. The van der Waals surface area contributed by atoms with Gasteiger partial charge in [-0.2, -0.15) is 0 Å². The Morgan fingerprint density at radius 2 is 1.50 bits per heavy atom. The average Bonchev–Trinajstić information content (AvgIpc) is 3.07. The summed E-state index contributed by atoms with van der Waals surface area (Å²) in [4.78, 5) is 16.0. The first-order valence-corrected chi connectivity index (χ1v) is 8.05. The summed E-state index contributed by atoms with van der Waals surface area (Å²) in [7, 11) is 0. The molecule has 1 N–H and O–H groups in total. The zero-order valence-electron chi connectivity index (χ0n) is 13.2. The Labute approximate surface area is 140 Å². The molecule has 0 radical (unpaired) electrons. The Hall–Kier alpha value is -3.13. The molecule has 0 aliphatic carbocycles. The summed E-state index contributed by atoms with van der Waals surface area (Å²) in [5.41, 5.74) is 5.03. The van der Waals surface area contributed by atoms with Crippen molar-refractivity contribution in [3.63, 3.8) is 0 Å². The zero-order valence-corrected chi connectivity index (χ0v) is 13.2. The molecule has 2 heteroatoms. The predicted octanol–water partition coefficient (Wildman–Crippen LogP) is 5.26. The van der Waals surface area contributed by atoms with Crippen molar-refractivity contribution >= 4 is 16.7 Å². The van der Waals surface area contributed by atoms with Crippen molar-refractivity contribution in [2.24, 2.45) is 0 Å². The molecule has 2 nitrogen and oxygen atoms in total. The quantitative estimate of drug-likeness (QED) is 0.512. The van der Waals surface area contributed by atoms with E-state index < -0.39 is 0 Å². The summed E-state index contributed by atoms with van der Waals surface area (Å²) < 4.78 is 0. The van der Waals surface area contributed by atoms with Gasteiger partial charge in [0.2, 0.25) is 0 Å². The van der Waals surface area contributed by atoms with Gasteiger partial charge in [0.15, 0.2) is 5.78 Å². The molecule has 0 unspecified atom stereocenters. The van der Waals surface area contributed by atoms with E-state index in [2.05, 4.69) is 29.2 Å². The van der Waals surface area contributed by atoms with Crippen LogP contribution in [0, 0.1) is 0 Å². The number of Topliss-reactive ketones (excluding diaryl/α,β-unsaturated/α-hetero) is 1. The highest BCUT2D eigenvalue weighted by Crippen LogP contribution is 2.27. The molecule has 0 bridgehead atoms. The molecular formula is C22H17NO. The number of aromatic amines is 1. The molecule has 0 spiro atoms. The number of H-pyrrole nitrogens is 1. The van der Waals surface area contributed by atoms with E-state index in [9.17, 15) is 4.79 Å². The third kappa shape index (κ3) is 2.74. The number of nitrogens with one attached hydrogen (secondary N) is 1. The number of fused-ring (bicyclic) bond motifs is 1. The first-order valence-electron chi connectivity index (χ1n) is 8.05. The Kier molecular flexibility index (Phi) is 3.72. The molecule has 0 aliphatic heterocycles. The van der Waals surface area contributed by atoms with Crippen LogP contribution in [0.1, 0.15) is 15.9 Å². The fourth-order valence-electron chi connectivity index (χ4n) is 3.05. The number of aromatic nitrogens is 1. The third-order valence-corrected chi connectivity index (χ3v) is 4.28. The van der Waals surface area contributed by atoms with Gasteiger partial charge in [0, 0.05) is 34.1 Å². The highest BCUT2D eigenvalue weighted by atomic mass is 16.1. The maximum Gasteiger partial charge on any atom is 0.167 e. The summed E-state index contributed by atoms with van der Waals surface area (Å²) in [6, 6.07) is 27.9. The minimum atomic E-state index is 0.138. The number of ketones is 1. The Morgan fingerprint density at radius 1 is 0.792 bits per heavy atom. The summed E-state index contributed by atoms with van der Waals surface area (Å²) in [5, 5.41) is 1.18. The van der Waals surface area contributed by atoms with E-state index in [1.54, 1.807) is 0 Å². The second-order valence-electron chi connectivity index (χ2n) is 5.89. The second kappa shape index (κ2) is 6.17. The lowest BCUT2D eigenvalue weighted by Crippen LogP contribution is -2.04. The highest BCUT2D eigenvalue weighted by Gasteiger charge is 2.12. The van der Waals surface area contributed by atoms with Gasteiger partial charge >= 0.3 is 0 Å². The molecule has 0 atom stereocenters. The van der Waals surface area contributed by atoms with Gasteiger partial charge in [-0.1, -0.05) is 72.8 Å². The van der Waals surface area contributed by atoms with Gasteiger partial charge in [-0.3, -0.25) is 4.79 Å². The van der Waals surface area contributed by atoms with E-state index in [4.69, 9.17) is 0 Å². The van der Waals surface area contributed by atoms with Crippen LogP contribution >= 0.6 is 0 Å². The van der Waals surface area contributed by atoms with E-state index in [1.807, 2.05) is 60.7 Å². The Bertz CT molecular complexity index is 966. The van der Waals surface area contributed by atoms with Gasteiger partial charge < -0.3 is 4.98 Å². The molecule has 0 aliphatic rings. The summed E-state index contributed by atoms with van der Waals surface area (Å²) in [5.74, 6) is 0.138. The Balaban J connectivity index is 1.71. The number of rotatable bonds is 4. The van der Waals surface area contributed by atoms with Crippen molar-refractivity contribution in [1.29, 1.82) is 0 Å². The van der Waals surface area contributed by atoms with Crippen LogP contribution in [0.2, 0.25) is 0 Å². The first-order chi connectivity index (χ1) is 11.8. The maximum atomic E-state index is 12.6. The van der Waals surface area contributed by atoms with Crippen LogP contribution in [0.3, 0.4) is 0 Å². The zero-order chi connectivity index (χ0) is 16.4. The van der Waals surface area contributed by atoms with Crippen LogP contribution in [0.15, 0.2) is 84.9 Å². The lowest BCUT2D eigenvalue weighted by atomic mass is 9.97. The van der Waals surface area contributed by atoms with Crippen LogP contribution in [0.25, 0.3) is 22.2 Å². The average molecular weight is 311 g/mol. The maximum absolute atomic E-state index is 12.6. The molecule has 24 heavy (non-hydrogen) atoms. The third-order valence-electron chi connectivity index (χ3n) is 4.28.